The standard InChI is InChI=1S/C20H19Br2ClN2O5/c1-8-2-3-9(23)4-12(8)24-13(26)7-30-14(27)6-25-19(28)15-10-5-11(16(15)20(25)29)18(22)17(10)21/h2-4,10-11,15-18H,5-7H2,1H3,(H,24,26)/t10-,11-,15-,16+,17+,18+/m1/s1. The van der Waals surface area contributed by atoms with Gasteiger partial charge in [-0.2, -0.15) is 0 Å². The van der Waals surface area contributed by atoms with Crippen LogP contribution in [0.1, 0.15) is 12.0 Å². The number of hydrogen-bond donors (Lipinski definition) is 1. The zero-order chi connectivity index (χ0) is 21.7. The van der Waals surface area contributed by atoms with Crippen LogP contribution in [-0.2, 0) is 23.9 Å². The van der Waals surface area contributed by atoms with Crippen molar-refractivity contribution in [1.82, 2.24) is 4.90 Å². The summed E-state index contributed by atoms with van der Waals surface area (Å²) in [4.78, 5) is 51.1. The number of ether oxygens (including phenoxy) is 1. The largest absolute Gasteiger partial charge is 0.454 e. The summed E-state index contributed by atoms with van der Waals surface area (Å²) in [6, 6.07) is 5.06. The molecule has 2 bridgehead atoms. The molecule has 0 radical (unpaired) electrons. The second-order valence-corrected chi connectivity index (χ2v) is 10.5. The van der Waals surface area contributed by atoms with Crippen molar-refractivity contribution in [1.29, 1.82) is 0 Å². The predicted octanol–water partition coefficient (Wildman–Crippen LogP) is 2.91. The molecule has 0 aromatic heterocycles. The van der Waals surface area contributed by atoms with E-state index in [0.29, 0.717) is 10.7 Å². The molecule has 6 atom stereocenters. The van der Waals surface area contributed by atoms with Gasteiger partial charge in [0.05, 0.1) is 11.8 Å². The van der Waals surface area contributed by atoms with E-state index in [1.165, 1.54) is 0 Å². The molecule has 10 heteroatoms. The molecular formula is C20H19Br2ClN2O5. The third-order valence-corrected chi connectivity index (χ3v) is 9.65. The molecule has 30 heavy (non-hydrogen) atoms. The highest BCUT2D eigenvalue weighted by Gasteiger charge is 2.66. The summed E-state index contributed by atoms with van der Waals surface area (Å²) in [5, 5.41) is 3.09. The molecule has 7 nitrogen and oxygen atoms in total. The van der Waals surface area contributed by atoms with Crippen molar-refractivity contribution in [2.75, 3.05) is 18.5 Å². The molecule has 2 saturated carbocycles. The number of aryl methyl sites for hydroxylation is 1. The number of benzene rings is 1. The topological polar surface area (TPSA) is 92.8 Å². The number of esters is 1. The third kappa shape index (κ3) is 3.69. The summed E-state index contributed by atoms with van der Waals surface area (Å²) in [5.41, 5.74) is 1.33. The normalized spacial score (nSPS) is 31.8. The number of halogens is 3. The molecule has 1 heterocycles. The Morgan fingerprint density at radius 3 is 2.37 bits per heavy atom. The van der Waals surface area contributed by atoms with Gasteiger partial charge in [0.2, 0.25) is 11.8 Å². The molecule has 3 amide bonds. The van der Waals surface area contributed by atoms with Crippen molar-refractivity contribution in [3.05, 3.63) is 28.8 Å². The number of anilines is 1. The lowest BCUT2D eigenvalue weighted by atomic mass is 9.81. The van der Waals surface area contributed by atoms with E-state index in [-0.39, 0.29) is 45.1 Å². The van der Waals surface area contributed by atoms with E-state index in [0.717, 1.165) is 16.9 Å². The lowest BCUT2D eigenvalue weighted by Gasteiger charge is -2.28. The minimum Gasteiger partial charge on any atom is -0.454 e. The van der Waals surface area contributed by atoms with Gasteiger partial charge in [0.1, 0.15) is 6.54 Å². The Morgan fingerprint density at radius 2 is 1.77 bits per heavy atom. The maximum Gasteiger partial charge on any atom is 0.326 e. The van der Waals surface area contributed by atoms with E-state index >= 15 is 0 Å². The Hall–Kier alpha value is -1.45. The van der Waals surface area contributed by atoms with Gasteiger partial charge < -0.3 is 10.1 Å². The number of imide groups is 1. The van der Waals surface area contributed by atoms with Gasteiger partial charge in [0.15, 0.2) is 6.61 Å². The monoisotopic (exact) mass is 560 g/mol. The minimum absolute atomic E-state index is 0.0774. The molecule has 1 aromatic rings. The zero-order valence-corrected chi connectivity index (χ0v) is 19.9. The Balaban J connectivity index is 1.32. The zero-order valence-electron chi connectivity index (χ0n) is 15.9. The van der Waals surface area contributed by atoms with Gasteiger partial charge in [-0.3, -0.25) is 24.1 Å². The molecule has 4 rings (SSSR count). The first kappa shape index (κ1) is 21.8. The van der Waals surface area contributed by atoms with E-state index in [1.807, 2.05) is 6.92 Å². The first-order valence-electron chi connectivity index (χ1n) is 9.54. The van der Waals surface area contributed by atoms with Gasteiger partial charge >= 0.3 is 5.97 Å². The Bertz CT molecular complexity index is 910. The molecule has 3 aliphatic rings. The van der Waals surface area contributed by atoms with E-state index in [1.54, 1.807) is 18.2 Å². The van der Waals surface area contributed by atoms with Crippen molar-refractivity contribution < 1.29 is 23.9 Å². The fourth-order valence-electron chi connectivity index (χ4n) is 4.80. The van der Waals surface area contributed by atoms with Gasteiger partial charge in [0.25, 0.3) is 5.91 Å². The number of nitrogens with one attached hydrogen (secondary N) is 1. The van der Waals surface area contributed by atoms with Crippen LogP contribution in [0.15, 0.2) is 18.2 Å². The molecule has 1 N–H and O–H groups in total. The molecule has 3 fully saturated rings. The van der Waals surface area contributed by atoms with Crippen LogP contribution >= 0.6 is 43.5 Å². The Kier molecular flexibility index (Phi) is 5.98. The van der Waals surface area contributed by atoms with Crippen molar-refractivity contribution in [3.8, 4) is 0 Å². The summed E-state index contributed by atoms with van der Waals surface area (Å²) in [5.74, 6) is -2.60. The van der Waals surface area contributed by atoms with Crippen LogP contribution in [0, 0.1) is 30.6 Å². The number of carbonyl (C=O) groups is 4. The first-order chi connectivity index (χ1) is 14.2. The second-order valence-electron chi connectivity index (χ2n) is 7.93. The predicted molar refractivity (Wildman–Crippen MR) is 117 cm³/mol. The molecule has 160 valence electrons. The summed E-state index contributed by atoms with van der Waals surface area (Å²) in [7, 11) is 0. The van der Waals surface area contributed by atoms with Crippen LogP contribution < -0.4 is 5.32 Å². The molecule has 0 spiro atoms. The summed E-state index contributed by atoms with van der Waals surface area (Å²) in [6.07, 6.45) is 0.819. The number of amides is 3. The molecule has 2 aliphatic carbocycles. The van der Waals surface area contributed by atoms with Gasteiger partial charge in [-0.25, -0.2) is 0 Å². The lowest BCUT2D eigenvalue weighted by Crippen LogP contribution is -2.38. The van der Waals surface area contributed by atoms with Crippen LogP contribution in [-0.4, -0.2) is 51.4 Å². The van der Waals surface area contributed by atoms with Gasteiger partial charge in [-0.15, -0.1) is 0 Å². The molecule has 1 aliphatic heterocycles. The third-order valence-electron chi connectivity index (χ3n) is 6.20. The van der Waals surface area contributed by atoms with Crippen molar-refractivity contribution in [2.45, 2.75) is 23.0 Å². The van der Waals surface area contributed by atoms with Crippen LogP contribution in [0.3, 0.4) is 0 Å². The lowest BCUT2D eigenvalue weighted by molar-refractivity contribution is -0.154. The SMILES string of the molecule is Cc1ccc(Cl)cc1NC(=O)COC(=O)CN1C(=O)[C@@H]2[C@H]3C[C@@H]([C@H](Br)[C@H]3Br)[C@@H]2C1=O. The van der Waals surface area contributed by atoms with Crippen LogP contribution in [0.5, 0.6) is 0 Å². The number of alkyl halides is 2. The number of likely N-dealkylation sites (tertiary alicyclic amines) is 1. The van der Waals surface area contributed by atoms with Gasteiger partial charge in [-0.05, 0) is 42.9 Å². The van der Waals surface area contributed by atoms with Gasteiger partial charge in [0, 0.05) is 20.4 Å². The van der Waals surface area contributed by atoms with Crippen molar-refractivity contribution in [2.24, 2.45) is 23.7 Å². The highest BCUT2D eigenvalue weighted by Crippen LogP contribution is 2.60. The first-order valence-corrected chi connectivity index (χ1v) is 11.7. The molecule has 1 saturated heterocycles. The molecular weight excluding hydrogens is 543 g/mol. The average molecular weight is 563 g/mol. The van der Waals surface area contributed by atoms with Gasteiger partial charge in [-0.1, -0.05) is 49.5 Å². The molecule has 1 aromatic carbocycles. The van der Waals surface area contributed by atoms with Crippen LogP contribution in [0.25, 0.3) is 0 Å². The number of carbonyl (C=O) groups excluding carboxylic acids is 4. The number of hydrogen-bond acceptors (Lipinski definition) is 5. The Morgan fingerprint density at radius 1 is 1.17 bits per heavy atom. The summed E-state index contributed by atoms with van der Waals surface area (Å²) >= 11 is 13.2. The smallest absolute Gasteiger partial charge is 0.326 e. The summed E-state index contributed by atoms with van der Waals surface area (Å²) < 4.78 is 4.99. The average Bonchev–Trinajstić information content (AvgIpc) is 3.30. The van der Waals surface area contributed by atoms with Crippen LogP contribution in [0.4, 0.5) is 5.69 Å². The van der Waals surface area contributed by atoms with Crippen molar-refractivity contribution in [3.63, 3.8) is 0 Å². The van der Waals surface area contributed by atoms with E-state index in [4.69, 9.17) is 16.3 Å². The maximum atomic E-state index is 12.8. The van der Waals surface area contributed by atoms with E-state index in [2.05, 4.69) is 37.2 Å². The van der Waals surface area contributed by atoms with E-state index < -0.39 is 25.0 Å². The van der Waals surface area contributed by atoms with Crippen molar-refractivity contribution >= 4 is 72.8 Å². The number of nitrogens with zero attached hydrogens (tertiary/aromatic N) is 1. The highest BCUT2D eigenvalue weighted by molar-refractivity contribution is 9.12. The quantitative estimate of drug-likeness (QED) is 0.339. The summed E-state index contributed by atoms with van der Waals surface area (Å²) in [6.45, 7) is 0.807. The number of fused-ring (bicyclic) bond motifs is 5. The fraction of sp³-hybridized carbons (Fsp3) is 0.500. The Labute approximate surface area is 195 Å². The minimum atomic E-state index is -0.798. The maximum absolute atomic E-state index is 12.8. The van der Waals surface area contributed by atoms with E-state index in [9.17, 15) is 19.2 Å². The van der Waals surface area contributed by atoms with Crippen LogP contribution in [0.2, 0.25) is 5.02 Å². The second kappa shape index (κ2) is 8.24. The molecule has 0 unspecified atom stereocenters. The fourth-order valence-corrected chi connectivity index (χ4v) is 6.85. The highest BCUT2D eigenvalue weighted by atomic mass is 79.9. The number of rotatable bonds is 5.